The Morgan fingerprint density at radius 1 is 1.55 bits per heavy atom. The Bertz CT molecular complexity index is 143. The molecule has 0 saturated carbocycles. The van der Waals surface area contributed by atoms with E-state index in [1.54, 1.807) is 6.08 Å². The molecule has 0 bridgehead atoms. The van der Waals surface area contributed by atoms with Gasteiger partial charge in [-0.2, -0.15) is 5.48 Å². The summed E-state index contributed by atoms with van der Waals surface area (Å²) in [5, 5.41) is 0. The summed E-state index contributed by atoms with van der Waals surface area (Å²) in [4.78, 5) is 5.03. The fourth-order valence-electron chi connectivity index (χ4n) is 0.399. The Kier molecular flexibility index (Phi) is 4.83. The van der Waals surface area contributed by atoms with Crippen LogP contribution in [0.15, 0.2) is 18.4 Å². The maximum atomic E-state index is 5.03. The van der Waals surface area contributed by atoms with Crippen LogP contribution in [0.2, 0.25) is 0 Å². The molecule has 1 N–H and O–H groups in total. The van der Waals surface area contributed by atoms with Crippen LogP contribution in [0.1, 0.15) is 0 Å². The van der Waals surface area contributed by atoms with E-state index in [-0.39, 0.29) is 0 Å². The summed E-state index contributed by atoms with van der Waals surface area (Å²) in [6.07, 6.45) is 1.72. The SMILES string of the molecule is C=C=CCONC[N+](C)(C)C. The van der Waals surface area contributed by atoms with Gasteiger partial charge < -0.3 is 4.48 Å². The number of nitrogens with zero attached hydrogens (tertiary/aromatic N) is 1. The summed E-state index contributed by atoms with van der Waals surface area (Å²) in [6.45, 7) is 4.71. The van der Waals surface area contributed by atoms with Crippen molar-refractivity contribution in [1.29, 1.82) is 0 Å². The second-order valence-electron chi connectivity index (χ2n) is 3.31. The Balaban J connectivity index is 3.21. The lowest BCUT2D eigenvalue weighted by atomic mass is 10.6. The van der Waals surface area contributed by atoms with Crippen molar-refractivity contribution >= 4 is 0 Å². The van der Waals surface area contributed by atoms with Crippen LogP contribution in [0, 0.1) is 0 Å². The quantitative estimate of drug-likeness (QED) is 0.206. The summed E-state index contributed by atoms with van der Waals surface area (Å²) in [7, 11) is 6.25. The first kappa shape index (κ1) is 10.4. The van der Waals surface area contributed by atoms with Gasteiger partial charge in [0.2, 0.25) is 0 Å². The highest BCUT2D eigenvalue weighted by atomic mass is 16.6. The molecule has 3 heteroatoms. The van der Waals surface area contributed by atoms with Crippen LogP contribution in [0.3, 0.4) is 0 Å². The topological polar surface area (TPSA) is 21.3 Å². The van der Waals surface area contributed by atoms with Crippen LogP contribution < -0.4 is 5.48 Å². The van der Waals surface area contributed by atoms with Crippen molar-refractivity contribution in [3.63, 3.8) is 0 Å². The predicted molar refractivity (Wildman–Crippen MR) is 45.7 cm³/mol. The molecule has 0 rings (SSSR count). The van der Waals surface area contributed by atoms with Crippen molar-refractivity contribution in [1.82, 2.24) is 5.48 Å². The zero-order valence-corrected chi connectivity index (χ0v) is 7.55. The lowest BCUT2D eigenvalue weighted by Gasteiger charge is -2.23. The zero-order chi connectivity index (χ0) is 8.74. The summed E-state index contributed by atoms with van der Waals surface area (Å²) in [5.41, 5.74) is 5.45. The molecule has 0 radical (unpaired) electrons. The number of hydrogen-bond acceptors (Lipinski definition) is 2. The minimum atomic E-state index is 0.517. The van der Waals surface area contributed by atoms with E-state index in [0.717, 1.165) is 11.2 Å². The van der Waals surface area contributed by atoms with Crippen molar-refractivity contribution < 1.29 is 9.32 Å². The Morgan fingerprint density at radius 2 is 2.18 bits per heavy atom. The van der Waals surface area contributed by atoms with E-state index in [0.29, 0.717) is 6.61 Å². The Morgan fingerprint density at radius 3 is 2.64 bits per heavy atom. The molecule has 11 heavy (non-hydrogen) atoms. The molecule has 0 amide bonds. The van der Waals surface area contributed by atoms with E-state index in [4.69, 9.17) is 4.84 Å². The van der Waals surface area contributed by atoms with Crippen LogP contribution in [-0.4, -0.2) is 38.9 Å². The number of hydrogen-bond donors (Lipinski definition) is 1. The Labute approximate surface area is 68.5 Å². The fraction of sp³-hybridized carbons (Fsp3) is 0.625. The molecule has 64 valence electrons. The van der Waals surface area contributed by atoms with Gasteiger partial charge in [-0.3, -0.25) is 4.84 Å². The third-order valence-corrected chi connectivity index (χ3v) is 0.952. The molecule has 0 spiro atoms. The average molecular weight is 157 g/mol. The first-order valence-electron chi connectivity index (χ1n) is 3.55. The molecule has 0 atom stereocenters. The summed E-state index contributed by atoms with van der Waals surface area (Å²) in [5.74, 6) is 0. The van der Waals surface area contributed by atoms with Gasteiger partial charge in [-0.05, 0) is 6.08 Å². The van der Waals surface area contributed by atoms with Gasteiger partial charge in [0.15, 0.2) is 6.67 Å². The highest BCUT2D eigenvalue weighted by Gasteiger charge is 2.03. The van der Waals surface area contributed by atoms with Crippen molar-refractivity contribution in [2.75, 3.05) is 34.4 Å². The summed E-state index contributed by atoms with van der Waals surface area (Å²) < 4.78 is 0.831. The van der Waals surface area contributed by atoms with Gasteiger partial charge >= 0.3 is 0 Å². The molecular weight excluding hydrogens is 140 g/mol. The van der Waals surface area contributed by atoms with E-state index in [2.05, 4.69) is 38.9 Å². The van der Waals surface area contributed by atoms with Gasteiger partial charge in [0.05, 0.1) is 27.7 Å². The molecule has 0 unspecified atom stereocenters. The van der Waals surface area contributed by atoms with Crippen LogP contribution in [0.25, 0.3) is 0 Å². The Hall–Kier alpha value is -0.600. The second-order valence-corrected chi connectivity index (χ2v) is 3.31. The summed E-state index contributed by atoms with van der Waals surface area (Å²) >= 11 is 0. The van der Waals surface area contributed by atoms with Gasteiger partial charge in [-0.15, -0.1) is 5.73 Å². The molecular formula is C8H17N2O+. The van der Waals surface area contributed by atoms with E-state index in [1.807, 2.05) is 0 Å². The van der Waals surface area contributed by atoms with Crippen LogP contribution in [0.4, 0.5) is 0 Å². The van der Waals surface area contributed by atoms with E-state index in [9.17, 15) is 0 Å². The lowest BCUT2D eigenvalue weighted by Crippen LogP contribution is -2.42. The molecule has 0 aliphatic carbocycles. The molecule has 0 heterocycles. The molecule has 0 aliphatic heterocycles. The minimum absolute atomic E-state index is 0.517. The molecule has 0 aromatic rings. The smallest absolute Gasteiger partial charge is 0.154 e. The largest absolute Gasteiger partial charge is 0.317 e. The molecule has 3 nitrogen and oxygen atoms in total. The molecule has 0 aromatic carbocycles. The minimum Gasteiger partial charge on any atom is -0.317 e. The fourth-order valence-corrected chi connectivity index (χ4v) is 0.399. The number of rotatable bonds is 5. The normalized spacial score (nSPS) is 10.8. The highest BCUT2D eigenvalue weighted by Crippen LogP contribution is 1.84. The molecule has 0 aromatic heterocycles. The van der Waals surface area contributed by atoms with Gasteiger partial charge in [0, 0.05) is 0 Å². The van der Waals surface area contributed by atoms with Crippen molar-refractivity contribution in [3.05, 3.63) is 18.4 Å². The maximum Gasteiger partial charge on any atom is 0.154 e. The van der Waals surface area contributed by atoms with Crippen LogP contribution in [-0.2, 0) is 4.84 Å². The first-order valence-corrected chi connectivity index (χ1v) is 3.55. The zero-order valence-electron chi connectivity index (χ0n) is 7.55. The maximum absolute atomic E-state index is 5.03. The molecule has 0 saturated heterocycles. The average Bonchev–Trinajstić information content (AvgIpc) is 1.85. The van der Waals surface area contributed by atoms with E-state index in [1.165, 1.54) is 0 Å². The van der Waals surface area contributed by atoms with Crippen molar-refractivity contribution in [2.24, 2.45) is 0 Å². The lowest BCUT2D eigenvalue weighted by molar-refractivity contribution is -0.876. The predicted octanol–water partition coefficient (Wildman–Crippen LogP) is 0.512. The first-order chi connectivity index (χ1) is 5.06. The van der Waals surface area contributed by atoms with E-state index < -0.39 is 0 Å². The van der Waals surface area contributed by atoms with Crippen molar-refractivity contribution in [2.45, 2.75) is 0 Å². The number of quaternary nitrogens is 1. The van der Waals surface area contributed by atoms with E-state index >= 15 is 0 Å². The monoisotopic (exact) mass is 157 g/mol. The standard InChI is InChI=1S/C8H17N2O/c1-5-6-7-11-9-8-10(2,3)4/h6,9H,1,7-8H2,2-4H3/q+1. The van der Waals surface area contributed by atoms with Gasteiger partial charge in [-0.25, -0.2) is 0 Å². The van der Waals surface area contributed by atoms with Crippen molar-refractivity contribution in [3.8, 4) is 0 Å². The third kappa shape index (κ3) is 9.40. The summed E-state index contributed by atoms with van der Waals surface area (Å²) in [6, 6.07) is 0. The van der Waals surface area contributed by atoms with Crippen LogP contribution in [0.5, 0.6) is 0 Å². The van der Waals surface area contributed by atoms with Gasteiger partial charge in [-0.1, -0.05) is 6.58 Å². The van der Waals surface area contributed by atoms with Crippen LogP contribution >= 0.6 is 0 Å². The van der Waals surface area contributed by atoms with Gasteiger partial charge in [0.1, 0.15) is 0 Å². The molecule has 0 fully saturated rings. The second kappa shape index (κ2) is 5.10. The number of nitrogens with one attached hydrogen (secondary N) is 1. The van der Waals surface area contributed by atoms with Gasteiger partial charge in [0.25, 0.3) is 0 Å². The number of hydroxylamine groups is 1. The third-order valence-electron chi connectivity index (χ3n) is 0.952. The molecule has 0 aliphatic rings. The highest BCUT2D eigenvalue weighted by molar-refractivity contribution is 4.73.